The molecule has 0 heterocycles. The van der Waals surface area contributed by atoms with Crippen molar-refractivity contribution in [3.05, 3.63) is 59.7 Å². The van der Waals surface area contributed by atoms with Crippen LogP contribution in [0.4, 0.5) is 0 Å². The van der Waals surface area contributed by atoms with E-state index in [9.17, 15) is 13.2 Å². The Morgan fingerprint density at radius 2 is 1.79 bits per heavy atom. The highest BCUT2D eigenvalue weighted by atomic mass is 32.2. The Morgan fingerprint density at radius 1 is 1.14 bits per heavy atom. The van der Waals surface area contributed by atoms with Crippen LogP contribution in [-0.4, -0.2) is 39.4 Å². The summed E-state index contributed by atoms with van der Waals surface area (Å²) in [4.78, 5) is 14.8. The van der Waals surface area contributed by atoms with Crippen LogP contribution in [0.3, 0.4) is 0 Å². The summed E-state index contributed by atoms with van der Waals surface area (Å²) >= 11 is 0. The van der Waals surface area contributed by atoms with E-state index in [1.807, 2.05) is 45.0 Å². The van der Waals surface area contributed by atoms with Gasteiger partial charge in [0.1, 0.15) is 11.8 Å². The number of methoxy groups -OCH3 is 1. The zero-order valence-electron chi connectivity index (χ0n) is 17.7. The Balaban J connectivity index is 2.19. The van der Waals surface area contributed by atoms with Gasteiger partial charge < -0.3 is 9.64 Å². The molecule has 7 heteroatoms. The van der Waals surface area contributed by atoms with Crippen LogP contribution in [0.5, 0.6) is 5.75 Å². The van der Waals surface area contributed by atoms with Crippen LogP contribution in [0.25, 0.3) is 0 Å². The first kappa shape index (κ1) is 22.9. The van der Waals surface area contributed by atoms with Gasteiger partial charge in [-0.05, 0) is 49.1 Å². The van der Waals surface area contributed by atoms with E-state index < -0.39 is 16.1 Å². The summed E-state index contributed by atoms with van der Waals surface area (Å²) in [5.41, 5.74) is 1.88. The molecule has 29 heavy (non-hydrogen) atoms. The minimum atomic E-state index is -3.80. The summed E-state index contributed by atoms with van der Waals surface area (Å²) in [5.74, 6) is 0.592. The van der Waals surface area contributed by atoms with Crippen molar-refractivity contribution >= 4 is 15.9 Å². The first-order valence-corrected chi connectivity index (χ1v) is 11.1. The average Bonchev–Trinajstić information content (AvgIpc) is 2.66. The van der Waals surface area contributed by atoms with Crippen molar-refractivity contribution < 1.29 is 17.9 Å². The quantitative estimate of drug-likeness (QED) is 0.678. The Hall–Kier alpha value is -2.38. The van der Waals surface area contributed by atoms with Gasteiger partial charge in [-0.1, -0.05) is 43.7 Å². The third kappa shape index (κ3) is 6.58. The Labute approximate surface area is 173 Å². The molecule has 158 valence electrons. The number of carbonyl (C=O) groups excluding carboxylic acids is 1. The van der Waals surface area contributed by atoms with Gasteiger partial charge in [0.2, 0.25) is 15.9 Å². The molecule has 0 unspecified atom stereocenters. The number of hydrogen-bond acceptors (Lipinski definition) is 4. The summed E-state index contributed by atoms with van der Waals surface area (Å²) in [7, 11) is -0.536. The zero-order valence-corrected chi connectivity index (χ0v) is 18.5. The van der Waals surface area contributed by atoms with Crippen molar-refractivity contribution in [3.8, 4) is 5.75 Å². The third-order valence-electron chi connectivity index (χ3n) is 4.56. The number of ether oxygens (including phenoxy) is 1. The molecular weight excluding hydrogens is 388 g/mol. The van der Waals surface area contributed by atoms with Crippen LogP contribution < -0.4 is 9.46 Å². The molecule has 0 radical (unpaired) electrons. The van der Waals surface area contributed by atoms with Gasteiger partial charge in [0.25, 0.3) is 0 Å². The van der Waals surface area contributed by atoms with E-state index in [1.54, 1.807) is 43.3 Å². The van der Waals surface area contributed by atoms with Gasteiger partial charge in [0, 0.05) is 13.6 Å². The molecule has 2 rings (SSSR count). The fourth-order valence-electron chi connectivity index (χ4n) is 3.03. The Kier molecular flexibility index (Phi) is 7.81. The minimum Gasteiger partial charge on any atom is -0.497 e. The molecule has 1 atom stereocenters. The largest absolute Gasteiger partial charge is 0.497 e. The van der Waals surface area contributed by atoms with E-state index in [2.05, 4.69) is 4.72 Å². The van der Waals surface area contributed by atoms with E-state index in [4.69, 9.17) is 4.74 Å². The number of hydrogen-bond donors (Lipinski definition) is 1. The molecule has 0 saturated carbocycles. The second-order valence-corrected chi connectivity index (χ2v) is 9.38. The molecule has 0 aromatic heterocycles. The maximum atomic E-state index is 13.1. The van der Waals surface area contributed by atoms with Crippen molar-refractivity contribution in [2.24, 2.45) is 5.92 Å². The lowest BCUT2D eigenvalue weighted by Crippen LogP contribution is -2.47. The standard InChI is InChI=1S/C22H30N2O4S/c1-16(2)13-21(23-29(26,27)20-11-9-17(3)10-12-20)22(25)24(4)15-18-7-6-8-19(14-18)28-5/h6-12,14,16,21,23H,13,15H2,1-5H3/t21-/m1/s1. The highest BCUT2D eigenvalue weighted by Gasteiger charge is 2.28. The number of likely N-dealkylation sites (N-methyl/N-ethyl adjacent to an activating group) is 1. The van der Waals surface area contributed by atoms with Crippen molar-refractivity contribution in [2.45, 2.75) is 44.7 Å². The number of nitrogens with one attached hydrogen (secondary N) is 1. The molecule has 2 aromatic carbocycles. The normalized spacial score (nSPS) is 12.6. The van der Waals surface area contributed by atoms with E-state index >= 15 is 0 Å². The molecule has 0 aliphatic carbocycles. The van der Waals surface area contributed by atoms with Crippen LogP contribution in [0, 0.1) is 12.8 Å². The number of rotatable bonds is 9. The first-order chi connectivity index (χ1) is 13.6. The molecule has 2 aromatic rings. The van der Waals surface area contributed by atoms with Crippen molar-refractivity contribution in [2.75, 3.05) is 14.2 Å². The molecular formula is C22H30N2O4S. The zero-order chi connectivity index (χ0) is 21.6. The lowest BCUT2D eigenvalue weighted by Gasteiger charge is -2.26. The molecule has 1 amide bonds. The maximum Gasteiger partial charge on any atom is 0.241 e. The van der Waals surface area contributed by atoms with Gasteiger partial charge in [-0.15, -0.1) is 0 Å². The van der Waals surface area contributed by atoms with Crippen LogP contribution in [-0.2, 0) is 21.4 Å². The van der Waals surface area contributed by atoms with E-state index in [0.717, 1.165) is 11.1 Å². The highest BCUT2D eigenvalue weighted by Crippen LogP contribution is 2.17. The number of sulfonamides is 1. The van der Waals surface area contributed by atoms with Crippen molar-refractivity contribution in [1.82, 2.24) is 9.62 Å². The molecule has 0 bridgehead atoms. The van der Waals surface area contributed by atoms with Crippen LogP contribution >= 0.6 is 0 Å². The average molecular weight is 419 g/mol. The Bertz CT molecular complexity index is 924. The monoisotopic (exact) mass is 418 g/mol. The molecule has 0 aliphatic heterocycles. The lowest BCUT2D eigenvalue weighted by molar-refractivity contribution is -0.132. The van der Waals surface area contributed by atoms with Gasteiger partial charge in [-0.25, -0.2) is 8.42 Å². The van der Waals surface area contributed by atoms with Crippen molar-refractivity contribution in [1.29, 1.82) is 0 Å². The van der Waals surface area contributed by atoms with Gasteiger partial charge in [0.05, 0.1) is 12.0 Å². The molecule has 1 N–H and O–H groups in total. The van der Waals surface area contributed by atoms with E-state index in [0.29, 0.717) is 18.7 Å². The molecule has 0 fully saturated rings. The molecule has 0 spiro atoms. The number of nitrogens with zero attached hydrogens (tertiary/aromatic N) is 1. The summed E-state index contributed by atoms with van der Waals surface area (Å²) in [6, 6.07) is 13.2. The maximum absolute atomic E-state index is 13.1. The molecule has 6 nitrogen and oxygen atoms in total. The number of aryl methyl sites for hydroxylation is 1. The third-order valence-corrected chi connectivity index (χ3v) is 6.05. The fourth-order valence-corrected chi connectivity index (χ4v) is 4.23. The van der Waals surface area contributed by atoms with Gasteiger partial charge >= 0.3 is 0 Å². The Morgan fingerprint density at radius 3 is 2.38 bits per heavy atom. The van der Waals surface area contributed by atoms with Gasteiger partial charge in [-0.2, -0.15) is 4.72 Å². The molecule has 0 saturated heterocycles. The number of amides is 1. The second-order valence-electron chi connectivity index (χ2n) is 7.66. The van der Waals surface area contributed by atoms with Crippen LogP contribution in [0.15, 0.2) is 53.4 Å². The predicted molar refractivity (Wildman–Crippen MR) is 114 cm³/mol. The van der Waals surface area contributed by atoms with E-state index in [-0.39, 0.29) is 16.7 Å². The SMILES string of the molecule is COc1cccc(CN(C)C(=O)[C@@H](CC(C)C)NS(=O)(=O)c2ccc(C)cc2)c1. The highest BCUT2D eigenvalue weighted by molar-refractivity contribution is 7.89. The summed E-state index contributed by atoms with van der Waals surface area (Å²) in [5, 5.41) is 0. The fraction of sp³-hybridized carbons (Fsp3) is 0.409. The first-order valence-electron chi connectivity index (χ1n) is 9.59. The predicted octanol–water partition coefficient (Wildman–Crippen LogP) is 3.36. The number of benzene rings is 2. The molecule has 0 aliphatic rings. The van der Waals surface area contributed by atoms with Gasteiger partial charge in [0.15, 0.2) is 0 Å². The second kappa shape index (κ2) is 9.89. The number of carbonyl (C=O) groups is 1. The van der Waals surface area contributed by atoms with Crippen LogP contribution in [0.1, 0.15) is 31.4 Å². The smallest absolute Gasteiger partial charge is 0.241 e. The minimum absolute atomic E-state index is 0.148. The van der Waals surface area contributed by atoms with Gasteiger partial charge in [-0.3, -0.25) is 4.79 Å². The summed E-state index contributed by atoms with van der Waals surface area (Å²) < 4.78 is 33.4. The van der Waals surface area contributed by atoms with Crippen molar-refractivity contribution in [3.63, 3.8) is 0 Å². The summed E-state index contributed by atoms with van der Waals surface area (Å²) in [6.07, 6.45) is 0.409. The summed E-state index contributed by atoms with van der Waals surface area (Å²) in [6.45, 7) is 6.17. The van der Waals surface area contributed by atoms with E-state index in [1.165, 1.54) is 0 Å². The van der Waals surface area contributed by atoms with Crippen LogP contribution in [0.2, 0.25) is 0 Å². The topological polar surface area (TPSA) is 75.7 Å². The lowest BCUT2D eigenvalue weighted by atomic mass is 10.0.